The largest absolute Gasteiger partial charge is 0.309 e. The van der Waals surface area contributed by atoms with Crippen molar-refractivity contribution in [3.63, 3.8) is 0 Å². The van der Waals surface area contributed by atoms with Crippen molar-refractivity contribution in [2.24, 2.45) is 0 Å². The number of rotatable bonds is 4. The summed E-state index contributed by atoms with van der Waals surface area (Å²) in [6.07, 6.45) is 0. The van der Waals surface area contributed by atoms with Gasteiger partial charge in [0.05, 0.1) is 22.2 Å². The van der Waals surface area contributed by atoms with Gasteiger partial charge in [-0.1, -0.05) is 224 Å². The van der Waals surface area contributed by atoms with E-state index >= 15 is 0 Å². The summed E-state index contributed by atoms with van der Waals surface area (Å²) >= 11 is 3.79. The quantitative estimate of drug-likeness (QED) is 0.173. The molecule has 0 saturated heterocycles. The van der Waals surface area contributed by atoms with E-state index in [0.717, 1.165) is 17.1 Å². The molecule has 11 aromatic carbocycles. The van der Waals surface area contributed by atoms with E-state index in [1.807, 2.05) is 23.5 Å². The highest BCUT2D eigenvalue weighted by Crippen LogP contribution is 2.67. The Hall–Kier alpha value is -7.82. The van der Waals surface area contributed by atoms with Crippen LogP contribution in [-0.4, -0.2) is 0 Å². The lowest BCUT2D eigenvalue weighted by Crippen LogP contribution is -2.32. The van der Waals surface area contributed by atoms with Crippen LogP contribution >= 0.6 is 23.5 Å². The molecule has 2 spiro atoms. The van der Waals surface area contributed by atoms with E-state index in [0.29, 0.717) is 0 Å². The van der Waals surface area contributed by atoms with Crippen LogP contribution in [0.25, 0.3) is 44.2 Å². The lowest BCUT2D eigenvalue weighted by Gasteiger charge is -2.40. The number of hydrogen-bond acceptors (Lipinski definition) is 3. The molecule has 3 heteroatoms. The van der Waals surface area contributed by atoms with Crippen LogP contribution in [0.1, 0.15) is 44.5 Å². The molecule has 0 aromatic heterocycles. The minimum Gasteiger partial charge on any atom is -0.309 e. The van der Waals surface area contributed by atoms with Gasteiger partial charge in [0.2, 0.25) is 0 Å². The topological polar surface area (TPSA) is 3.24 Å². The molecule has 4 aliphatic rings. The molecule has 0 amide bonds. The average Bonchev–Trinajstić information content (AvgIpc) is 3.88. The Morgan fingerprint density at radius 2 is 0.638 bits per heavy atom. The van der Waals surface area contributed by atoms with E-state index in [2.05, 4.69) is 254 Å². The van der Waals surface area contributed by atoms with E-state index in [1.165, 1.54) is 108 Å². The third-order valence-corrected chi connectivity index (χ3v) is 17.7. The Labute approximate surface area is 410 Å². The van der Waals surface area contributed by atoms with Crippen molar-refractivity contribution in [3.8, 4) is 33.4 Å². The van der Waals surface area contributed by atoms with Crippen molar-refractivity contribution in [2.75, 3.05) is 4.90 Å². The second kappa shape index (κ2) is 14.8. The fourth-order valence-electron chi connectivity index (χ4n) is 12.8. The molecule has 0 N–H and O–H groups in total. The highest BCUT2D eigenvalue weighted by Gasteiger charge is 2.53. The molecular weight excluding hydrogens is 871 g/mol. The van der Waals surface area contributed by atoms with Gasteiger partial charge in [-0.05, 0) is 126 Å². The lowest BCUT2D eigenvalue weighted by atomic mass is 9.67. The van der Waals surface area contributed by atoms with E-state index in [-0.39, 0.29) is 0 Å². The maximum absolute atomic E-state index is 2.60. The minimum atomic E-state index is -0.507. The molecule has 0 bridgehead atoms. The van der Waals surface area contributed by atoms with Crippen molar-refractivity contribution in [3.05, 3.63) is 293 Å². The molecule has 322 valence electrons. The van der Waals surface area contributed by atoms with Gasteiger partial charge in [-0.15, -0.1) is 0 Å². The third kappa shape index (κ3) is 5.24. The number of benzene rings is 11. The van der Waals surface area contributed by atoms with Gasteiger partial charge in [0.1, 0.15) is 0 Å². The molecule has 69 heavy (non-hydrogen) atoms. The minimum absolute atomic E-state index is 0.507. The second-order valence-electron chi connectivity index (χ2n) is 18.6. The second-order valence-corrected chi connectivity index (χ2v) is 20.8. The Morgan fingerprint density at radius 3 is 1.13 bits per heavy atom. The van der Waals surface area contributed by atoms with E-state index in [4.69, 9.17) is 0 Å². The average molecular weight is 912 g/mol. The highest BCUT2D eigenvalue weighted by molar-refractivity contribution is 7.99. The molecule has 15 rings (SSSR count). The first-order valence-corrected chi connectivity index (χ1v) is 25.5. The Balaban J connectivity index is 1.04. The first-order valence-electron chi connectivity index (χ1n) is 23.8. The fourth-order valence-corrected chi connectivity index (χ4v) is 15.2. The summed E-state index contributed by atoms with van der Waals surface area (Å²) in [6.45, 7) is 0. The number of hydrogen-bond donors (Lipinski definition) is 0. The summed E-state index contributed by atoms with van der Waals surface area (Å²) in [5.41, 5.74) is 20.6. The van der Waals surface area contributed by atoms with Crippen LogP contribution in [0.2, 0.25) is 0 Å². The summed E-state index contributed by atoms with van der Waals surface area (Å²) in [5.74, 6) is 0. The predicted octanol–water partition coefficient (Wildman–Crippen LogP) is 17.6. The van der Waals surface area contributed by atoms with Gasteiger partial charge in [0.15, 0.2) is 0 Å². The first-order chi connectivity index (χ1) is 34.2. The normalized spacial score (nSPS) is 14.5. The molecule has 0 fully saturated rings. The molecule has 2 aliphatic carbocycles. The molecule has 0 unspecified atom stereocenters. The molecule has 0 radical (unpaired) electrons. The van der Waals surface area contributed by atoms with E-state index in [9.17, 15) is 0 Å². The summed E-state index contributed by atoms with van der Waals surface area (Å²) in [4.78, 5) is 7.82. The Morgan fingerprint density at radius 1 is 0.275 bits per heavy atom. The molecular formula is C66H41NS2. The third-order valence-electron chi connectivity index (χ3n) is 15.4. The van der Waals surface area contributed by atoms with Crippen LogP contribution in [0, 0.1) is 0 Å². The van der Waals surface area contributed by atoms with E-state index < -0.39 is 10.8 Å². The fraction of sp³-hybridized carbons (Fsp3) is 0.0303. The summed E-state index contributed by atoms with van der Waals surface area (Å²) in [5, 5.41) is 2.50. The predicted molar refractivity (Wildman–Crippen MR) is 287 cm³/mol. The summed E-state index contributed by atoms with van der Waals surface area (Å²) in [7, 11) is 0. The monoisotopic (exact) mass is 911 g/mol. The Kier molecular flexibility index (Phi) is 8.43. The zero-order chi connectivity index (χ0) is 45.3. The zero-order valence-electron chi connectivity index (χ0n) is 37.4. The molecule has 0 atom stereocenters. The summed E-state index contributed by atoms with van der Waals surface area (Å²) in [6, 6.07) is 93.8. The highest BCUT2D eigenvalue weighted by atomic mass is 32.2. The zero-order valence-corrected chi connectivity index (χ0v) is 39.1. The number of fused-ring (bicyclic) bond motifs is 19. The first kappa shape index (κ1) is 39.2. The van der Waals surface area contributed by atoms with Crippen molar-refractivity contribution >= 4 is 51.4 Å². The standard InChI is InChI=1S/C66H41NS2/c1-2-20-45-42(18-1)19-15-23-46(45)43-38-40-44(41-39-43)67(57-32-16-30-55-63(57)47-21-3-5-24-49(47)65(55)51-26-7-11-34-59(51)68-60-35-12-8-27-52(60)65)58-33-17-31-56-64(58)48-22-4-6-25-50(48)66(56)53-28-9-13-36-61(53)69-62-37-14-10-29-54(62)66/h1-41H. The molecule has 11 aromatic rings. The van der Waals surface area contributed by atoms with Crippen LogP contribution in [0.5, 0.6) is 0 Å². The van der Waals surface area contributed by atoms with Crippen LogP contribution in [-0.2, 0) is 10.8 Å². The van der Waals surface area contributed by atoms with Crippen LogP contribution in [0.4, 0.5) is 17.1 Å². The number of anilines is 3. The molecule has 0 saturated carbocycles. The van der Waals surface area contributed by atoms with Crippen molar-refractivity contribution < 1.29 is 0 Å². The Bertz CT molecular complexity index is 3650. The van der Waals surface area contributed by atoms with Gasteiger partial charge in [-0.2, -0.15) is 0 Å². The van der Waals surface area contributed by atoms with Crippen molar-refractivity contribution in [1.82, 2.24) is 0 Å². The van der Waals surface area contributed by atoms with Crippen LogP contribution in [0.15, 0.2) is 268 Å². The summed E-state index contributed by atoms with van der Waals surface area (Å²) < 4.78 is 0. The van der Waals surface area contributed by atoms with Gasteiger partial charge in [0.25, 0.3) is 0 Å². The smallest absolute Gasteiger partial charge is 0.0736 e. The van der Waals surface area contributed by atoms with Gasteiger partial charge < -0.3 is 4.90 Å². The van der Waals surface area contributed by atoms with E-state index in [1.54, 1.807) is 0 Å². The van der Waals surface area contributed by atoms with Crippen LogP contribution in [0.3, 0.4) is 0 Å². The maximum atomic E-state index is 2.60. The van der Waals surface area contributed by atoms with Gasteiger partial charge in [-0.25, -0.2) is 0 Å². The van der Waals surface area contributed by atoms with Gasteiger partial charge >= 0.3 is 0 Å². The lowest BCUT2D eigenvalue weighted by molar-refractivity contribution is 0.722. The van der Waals surface area contributed by atoms with Gasteiger partial charge in [0, 0.05) is 36.4 Å². The molecule has 2 aliphatic heterocycles. The molecule has 2 heterocycles. The maximum Gasteiger partial charge on any atom is 0.0736 e. The molecule has 1 nitrogen and oxygen atoms in total. The van der Waals surface area contributed by atoms with Gasteiger partial charge in [-0.3, -0.25) is 0 Å². The van der Waals surface area contributed by atoms with Crippen molar-refractivity contribution in [2.45, 2.75) is 30.4 Å². The van der Waals surface area contributed by atoms with Crippen molar-refractivity contribution in [1.29, 1.82) is 0 Å². The number of nitrogens with zero attached hydrogens (tertiary/aromatic N) is 1. The van der Waals surface area contributed by atoms with Crippen LogP contribution < -0.4 is 4.90 Å². The SMILES string of the molecule is c1ccc2c(c1)Sc1ccccc1C21c2ccccc2-c2c(N(c3ccc(-c4cccc5ccccc45)cc3)c3cccc4c3-c3ccccc3C43c4ccccc4Sc4ccccc43)cccc21.